The number of hydrogen-bond acceptors (Lipinski definition) is 3. The molecule has 2 aromatic rings. The van der Waals surface area contributed by atoms with Crippen LogP contribution in [0.1, 0.15) is 29.8 Å². The van der Waals surface area contributed by atoms with Crippen molar-refractivity contribution in [2.24, 2.45) is 5.92 Å². The first-order chi connectivity index (χ1) is 12.9. The molecule has 0 atom stereocenters. The van der Waals surface area contributed by atoms with Crippen LogP contribution in [-0.4, -0.2) is 32.6 Å². The molecule has 0 spiro atoms. The number of hydrogen-bond donors (Lipinski definition) is 3. The van der Waals surface area contributed by atoms with Crippen molar-refractivity contribution in [1.82, 2.24) is 10.6 Å². The third kappa shape index (κ3) is 6.33. The third-order valence-electron chi connectivity index (χ3n) is 3.95. The number of rotatable bonds is 7. The molecule has 0 bridgehead atoms. The highest BCUT2D eigenvalue weighted by Crippen LogP contribution is 2.23. The number of amides is 3. The molecular weight excluding hydrogens is 340 g/mol. The van der Waals surface area contributed by atoms with E-state index < -0.39 is 0 Å². The largest absolute Gasteiger partial charge is 0.377 e. The molecule has 0 saturated heterocycles. The van der Waals surface area contributed by atoms with Gasteiger partial charge in [-0.25, -0.2) is 4.79 Å². The van der Waals surface area contributed by atoms with E-state index >= 15 is 0 Å². The van der Waals surface area contributed by atoms with Gasteiger partial charge in [0.1, 0.15) is 0 Å². The van der Waals surface area contributed by atoms with E-state index in [1.54, 1.807) is 12.1 Å². The molecule has 0 aromatic heterocycles. The minimum Gasteiger partial charge on any atom is -0.377 e. The molecule has 6 nitrogen and oxygen atoms in total. The molecule has 0 radical (unpaired) electrons. The summed E-state index contributed by atoms with van der Waals surface area (Å²) in [6.45, 7) is 5.12. The number of anilines is 2. The third-order valence-corrected chi connectivity index (χ3v) is 3.95. The summed E-state index contributed by atoms with van der Waals surface area (Å²) in [6.07, 6.45) is 0. The molecular formula is C21H28N4O2. The zero-order chi connectivity index (χ0) is 19.8. The van der Waals surface area contributed by atoms with Gasteiger partial charge in [-0.05, 0) is 29.7 Å². The summed E-state index contributed by atoms with van der Waals surface area (Å²) in [5.41, 5.74) is 2.92. The van der Waals surface area contributed by atoms with E-state index in [0.717, 1.165) is 11.3 Å². The van der Waals surface area contributed by atoms with E-state index in [1.165, 1.54) is 0 Å². The predicted molar refractivity (Wildman–Crippen MR) is 110 cm³/mol. The molecule has 3 N–H and O–H groups in total. The average molecular weight is 368 g/mol. The molecule has 0 unspecified atom stereocenters. The van der Waals surface area contributed by atoms with Crippen molar-refractivity contribution >= 4 is 23.3 Å². The van der Waals surface area contributed by atoms with Crippen molar-refractivity contribution < 1.29 is 9.59 Å². The standard InChI is InChI=1S/C21H28N4O2/c1-15(2)13-22-20(26)18-12-17(10-11-19(18)25(3)4)24-21(27)23-14-16-8-6-5-7-9-16/h5-12,15H,13-14H2,1-4H3,(H,22,26)(H2,23,24,27). The maximum atomic E-state index is 12.6. The first kappa shape index (κ1) is 20.3. The topological polar surface area (TPSA) is 73.5 Å². The Morgan fingerprint density at radius 3 is 2.33 bits per heavy atom. The maximum Gasteiger partial charge on any atom is 0.319 e. The first-order valence-corrected chi connectivity index (χ1v) is 9.05. The van der Waals surface area contributed by atoms with Crippen molar-refractivity contribution in [3.63, 3.8) is 0 Å². The zero-order valence-electron chi connectivity index (χ0n) is 16.4. The van der Waals surface area contributed by atoms with Gasteiger partial charge in [-0.2, -0.15) is 0 Å². The van der Waals surface area contributed by atoms with E-state index in [0.29, 0.717) is 30.3 Å². The predicted octanol–water partition coefficient (Wildman–Crippen LogP) is 3.46. The lowest BCUT2D eigenvalue weighted by atomic mass is 10.1. The van der Waals surface area contributed by atoms with E-state index in [2.05, 4.69) is 16.0 Å². The van der Waals surface area contributed by atoms with Crippen LogP contribution in [0.15, 0.2) is 48.5 Å². The summed E-state index contributed by atoms with van der Waals surface area (Å²) in [6, 6.07) is 14.7. The molecule has 6 heteroatoms. The second-order valence-corrected chi connectivity index (χ2v) is 7.02. The van der Waals surface area contributed by atoms with Crippen LogP contribution in [0.2, 0.25) is 0 Å². The molecule has 0 fully saturated rings. The summed E-state index contributed by atoms with van der Waals surface area (Å²) in [5.74, 6) is 0.211. The summed E-state index contributed by atoms with van der Waals surface area (Å²) >= 11 is 0. The van der Waals surface area contributed by atoms with Crippen molar-refractivity contribution in [1.29, 1.82) is 0 Å². The molecule has 2 aromatic carbocycles. The highest BCUT2D eigenvalue weighted by Gasteiger charge is 2.15. The highest BCUT2D eigenvalue weighted by molar-refractivity contribution is 6.01. The number of nitrogens with one attached hydrogen (secondary N) is 3. The van der Waals surface area contributed by atoms with Crippen LogP contribution in [0.4, 0.5) is 16.2 Å². The molecule has 0 aliphatic heterocycles. The molecule has 2 rings (SSSR count). The minimum absolute atomic E-state index is 0.152. The summed E-state index contributed by atoms with van der Waals surface area (Å²) in [5, 5.41) is 8.53. The van der Waals surface area contributed by atoms with Crippen molar-refractivity contribution in [2.45, 2.75) is 20.4 Å². The summed E-state index contributed by atoms with van der Waals surface area (Å²) in [7, 11) is 3.77. The minimum atomic E-state index is -0.315. The van der Waals surface area contributed by atoms with Crippen LogP contribution >= 0.6 is 0 Å². The number of benzene rings is 2. The van der Waals surface area contributed by atoms with Crippen LogP contribution in [0.25, 0.3) is 0 Å². The Morgan fingerprint density at radius 2 is 1.70 bits per heavy atom. The Morgan fingerprint density at radius 1 is 1.00 bits per heavy atom. The van der Waals surface area contributed by atoms with Crippen molar-refractivity contribution in [3.8, 4) is 0 Å². The Kier molecular flexibility index (Phi) is 7.23. The van der Waals surface area contributed by atoms with Gasteiger partial charge in [0, 0.05) is 38.6 Å². The lowest BCUT2D eigenvalue weighted by Crippen LogP contribution is -2.30. The van der Waals surface area contributed by atoms with Gasteiger partial charge in [0.25, 0.3) is 5.91 Å². The number of carbonyl (C=O) groups is 2. The number of urea groups is 1. The van der Waals surface area contributed by atoms with Crippen LogP contribution in [0.5, 0.6) is 0 Å². The molecule has 0 saturated carbocycles. The fourth-order valence-corrected chi connectivity index (χ4v) is 2.53. The molecule has 0 aliphatic rings. The Balaban J connectivity index is 2.06. The van der Waals surface area contributed by atoms with Gasteiger partial charge in [0.2, 0.25) is 0 Å². The van der Waals surface area contributed by atoms with Gasteiger partial charge < -0.3 is 20.9 Å². The smallest absolute Gasteiger partial charge is 0.319 e. The van der Waals surface area contributed by atoms with E-state index in [-0.39, 0.29) is 11.9 Å². The van der Waals surface area contributed by atoms with Gasteiger partial charge in [0.15, 0.2) is 0 Å². The second kappa shape index (κ2) is 9.62. The highest BCUT2D eigenvalue weighted by atomic mass is 16.2. The fourth-order valence-electron chi connectivity index (χ4n) is 2.53. The quantitative estimate of drug-likeness (QED) is 0.701. The Bertz CT molecular complexity index is 773. The summed E-state index contributed by atoms with van der Waals surface area (Å²) in [4.78, 5) is 26.6. The lowest BCUT2D eigenvalue weighted by molar-refractivity contribution is 0.0949. The lowest BCUT2D eigenvalue weighted by Gasteiger charge is -2.19. The van der Waals surface area contributed by atoms with Gasteiger partial charge in [-0.15, -0.1) is 0 Å². The van der Waals surface area contributed by atoms with Crippen LogP contribution in [0, 0.1) is 5.92 Å². The normalized spacial score (nSPS) is 10.4. The number of nitrogens with zero attached hydrogens (tertiary/aromatic N) is 1. The van der Waals surface area contributed by atoms with E-state index in [4.69, 9.17) is 0 Å². The van der Waals surface area contributed by atoms with Crippen molar-refractivity contribution in [3.05, 3.63) is 59.7 Å². The second-order valence-electron chi connectivity index (χ2n) is 7.02. The van der Waals surface area contributed by atoms with Gasteiger partial charge in [0.05, 0.1) is 5.56 Å². The van der Waals surface area contributed by atoms with E-state index in [1.807, 2.05) is 69.2 Å². The average Bonchev–Trinajstić information content (AvgIpc) is 2.65. The maximum absolute atomic E-state index is 12.6. The zero-order valence-corrected chi connectivity index (χ0v) is 16.4. The summed E-state index contributed by atoms with van der Waals surface area (Å²) < 4.78 is 0. The van der Waals surface area contributed by atoms with Crippen molar-refractivity contribution in [2.75, 3.05) is 30.9 Å². The molecule has 27 heavy (non-hydrogen) atoms. The molecule has 0 aliphatic carbocycles. The van der Waals surface area contributed by atoms with Crippen LogP contribution < -0.4 is 20.9 Å². The first-order valence-electron chi connectivity index (χ1n) is 9.05. The molecule has 3 amide bonds. The van der Waals surface area contributed by atoms with Gasteiger partial charge in [-0.3, -0.25) is 4.79 Å². The van der Waals surface area contributed by atoms with E-state index in [9.17, 15) is 9.59 Å². The molecule has 144 valence electrons. The van der Waals surface area contributed by atoms with Gasteiger partial charge in [-0.1, -0.05) is 44.2 Å². The Labute approximate surface area is 161 Å². The van der Waals surface area contributed by atoms with Gasteiger partial charge >= 0.3 is 6.03 Å². The fraction of sp³-hybridized carbons (Fsp3) is 0.333. The Hall–Kier alpha value is -3.02. The van der Waals surface area contributed by atoms with Crippen LogP contribution in [0.3, 0.4) is 0 Å². The molecule has 0 heterocycles. The SMILES string of the molecule is CC(C)CNC(=O)c1cc(NC(=O)NCc2ccccc2)ccc1N(C)C. The van der Waals surface area contributed by atoms with Crippen LogP contribution in [-0.2, 0) is 6.54 Å². The number of carbonyl (C=O) groups excluding carboxylic acids is 2. The monoisotopic (exact) mass is 368 g/mol.